The van der Waals surface area contributed by atoms with Crippen LogP contribution in [0.15, 0.2) is 24.3 Å². The van der Waals surface area contributed by atoms with Crippen molar-refractivity contribution in [2.24, 2.45) is 0 Å². The molecule has 2 nitrogen and oxygen atoms in total. The number of hydrogen-bond acceptors (Lipinski definition) is 2. The third kappa shape index (κ3) is 5.37. The van der Waals surface area contributed by atoms with E-state index in [0.29, 0.717) is 5.75 Å². The highest BCUT2D eigenvalue weighted by atomic mass is 32.2. The second-order valence-corrected chi connectivity index (χ2v) is 8.48. The highest BCUT2D eigenvalue weighted by molar-refractivity contribution is 7.86. The summed E-state index contributed by atoms with van der Waals surface area (Å²) in [6.07, 6.45) is 2.30. The molecule has 0 fully saturated rings. The maximum atomic E-state index is 12.4. The van der Waals surface area contributed by atoms with Crippen molar-refractivity contribution in [2.75, 3.05) is 12.3 Å². The highest BCUT2D eigenvalue weighted by Gasteiger charge is 2.23. The monoisotopic (exact) mass is 295 g/mol. The number of hydrogen-bond donors (Lipinski definition) is 1. The van der Waals surface area contributed by atoms with E-state index < -0.39 is 10.8 Å². The first-order chi connectivity index (χ1) is 9.38. The van der Waals surface area contributed by atoms with Gasteiger partial charge in [-0.15, -0.1) is 0 Å². The number of nitrogens with one attached hydrogen (secondary N) is 1. The summed E-state index contributed by atoms with van der Waals surface area (Å²) in [5.74, 6) is 0.671. The Labute approximate surface area is 126 Å². The minimum atomic E-state index is -0.841. The van der Waals surface area contributed by atoms with E-state index in [1.165, 1.54) is 17.5 Å². The van der Waals surface area contributed by atoms with Gasteiger partial charge >= 0.3 is 0 Å². The van der Waals surface area contributed by atoms with Crippen LogP contribution in [0.4, 0.5) is 0 Å². The van der Waals surface area contributed by atoms with Crippen LogP contribution in [0.1, 0.15) is 58.2 Å². The summed E-state index contributed by atoms with van der Waals surface area (Å²) in [5.41, 5.74) is 2.62. The zero-order valence-electron chi connectivity index (χ0n) is 13.5. The van der Waals surface area contributed by atoms with E-state index in [9.17, 15) is 4.21 Å². The van der Waals surface area contributed by atoms with E-state index in [0.717, 1.165) is 13.0 Å². The van der Waals surface area contributed by atoms with Gasteiger partial charge in [0.05, 0.1) is 0 Å². The van der Waals surface area contributed by atoms with Crippen LogP contribution in [-0.2, 0) is 17.2 Å². The minimum Gasteiger partial charge on any atom is -0.309 e. The fraction of sp³-hybridized carbons (Fsp3) is 0.647. The third-order valence-electron chi connectivity index (χ3n) is 3.37. The molecule has 1 N–H and O–H groups in total. The lowest BCUT2D eigenvalue weighted by molar-refractivity contribution is 0.583. The SMILES string of the molecule is CCCc1ccc(C(CS(=O)C(C)(C)C)NCC)cc1. The van der Waals surface area contributed by atoms with Crippen molar-refractivity contribution >= 4 is 10.8 Å². The van der Waals surface area contributed by atoms with E-state index >= 15 is 0 Å². The van der Waals surface area contributed by atoms with Gasteiger partial charge in [-0.25, -0.2) is 0 Å². The first kappa shape index (κ1) is 17.4. The average molecular weight is 295 g/mol. The quantitative estimate of drug-likeness (QED) is 0.828. The molecular formula is C17H29NOS. The van der Waals surface area contributed by atoms with E-state index in [1.54, 1.807) is 0 Å². The Morgan fingerprint density at radius 3 is 2.20 bits per heavy atom. The molecule has 1 rings (SSSR count). The van der Waals surface area contributed by atoms with Gasteiger partial charge in [0, 0.05) is 27.3 Å². The molecule has 0 aliphatic heterocycles. The first-order valence-corrected chi connectivity index (χ1v) is 8.91. The van der Waals surface area contributed by atoms with Crippen molar-refractivity contribution in [3.05, 3.63) is 35.4 Å². The largest absolute Gasteiger partial charge is 0.309 e. The van der Waals surface area contributed by atoms with Gasteiger partial charge in [0.15, 0.2) is 0 Å². The van der Waals surface area contributed by atoms with Crippen LogP contribution in [0.5, 0.6) is 0 Å². The Morgan fingerprint density at radius 2 is 1.75 bits per heavy atom. The molecule has 0 saturated carbocycles. The Hall–Kier alpha value is -0.670. The molecule has 0 aliphatic rings. The molecule has 114 valence electrons. The molecule has 3 heteroatoms. The first-order valence-electron chi connectivity index (χ1n) is 7.59. The molecule has 2 unspecified atom stereocenters. The maximum Gasteiger partial charge on any atom is 0.0436 e. The number of benzene rings is 1. The molecule has 0 radical (unpaired) electrons. The van der Waals surface area contributed by atoms with Crippen LogP contribution < -0.4 is 5.32 Å². The maximum absolute atomic E-state index is 12.4. The molecule has 20 heavy (non-hydrogen) atoms. The molecule has 0 saturated heterocycles. The molecule has 2 atom stereocenters. The molecular weight excluding hydrogens is 266 g/mol. The van der Waals surface area contributed by atoms with Crippen molar-refractivity contribution in [3.8, 4) is 0 Å². The van der Waals surface area contributed by atoms with Crippen LogP contribution in [0.25, 0.3) is 0 Å². The molecule has 0 spiro atoms. The van der Waals surface area contributed by atoms with Crippen LogP contribution in [0, 0.1) is 0 Å². The van der Waals surface area contributed by atoms with E-state index in [2.05, 4.69) is 43.4 Å². The molecule has 1 aromatic rings. The van der Waals surface area contributed by atoms with Gasteiger partial charge in [-0.1, -0.05) is 44.5 Å². The standard InChI is InChI=1S/C17H29NOS/c1-6-8-14-9-11-15(12-10-14)16(18-7-2)13-20(19)17(3,4)5/h9-12,16,18H,6-8,13H2,1-5H3. The van der Waals surface area contributed by atoms with E-state index in [-0.39, 0.29) is 10.8 Å². The van der Waals surface area contributed by atoms with E-state index in [1.807, 2.05) is 20.8 Å². The van der Waals surface area contributed by atoms with Crippen LogP contribution in [-0.4, -0.2) is 21.3 Å². The Balaban J connectivity index is 2.82. The lowest BCUT2D eigenvalue weighted by Crippen LogP contribution is -2.32. The Bertz CT molecular complexity index is 420. The summed E-state index contributed by atoms with van der Waals surface area (Å²) >= 11 is 0. The molecule has 0 aromatic heterocycles. The fourth-order valence-electron chi connectivity index (χ4n) is 2.13. The molecule has 1 aromatic carbocycles. The van der Waals surface area contributed by atoms with Gasteiger partial charge in [-0.2, -0.15) is 0 Å². The molecule has 0 aliphatic carbocycles. The highest BCUT2D eigenvalue weighted by Crippen LogP contribution is 2.20. The van der Waals surface area contributed by atoms with Gasteiger partial charge < -0.3 is 5.32 Å². The Morgan fingerprint density at radius 1 is 1.15 bits per heavy atom. The predicted molar refractivity (Wildman–Crippen MR) is 89.6 cm³/mol. The summed E-state index contributed by atoms with van der Waals surface area (Å²) < 4.78 is 12.2. The second-order valence-electron chi connectivity index (χ2n) is 6.23. The summed E-state index contributed by atoms with van der Waals surface area (Å²) in [6.45, 7) is 11.3. The average Bonchev–Trinajstić information content (AvgIpc) is 2.38. The van der Waals surface area contributed by atoms with Gasteiger partial charge in [-0.05, 0) is 44.9 Å². The van der Waals surface area contributed by atoms with Crippen LogP contribution >= 0.6 is 0 Å². The molecule has 0 heterocycles. The van der Waals surface area contributed by atoms with Crippen molar-refractivity contribution in [2.45, 2.75) is 58.2 Å². The van der Waals surface area contributed by atoms with Gasteiger partial charge in [0.2, 0.25) is 0 Å². The third-order valence-corrected chi connectivity index (χ3v) is 5.37. The zero-order chi connectivity index (χ0) is 15.2. The second kappa shape index (κ2) is 7.94. The smallest absolute Gasteiger partial charge is 0.0436 e. The summed E-state index contributed by atoms with van der Waals surface area (Å²) in [5, 5.41) is 3.46. The zero-order valence-corrected chi connectivity index (χ0v) is 14.3. The normalized spacial score (nSPS) is 15.1. The Kier molecular flexibility index (Phi) is 6.90. The molecule has 0 bridgehead atoms. The fourth-order valence-corrected chi connectivity index (χ4v) is 3.24. The van der Waals surface area contributed by atoms with E-state index in [4.69, 9.17) is 0 Å². The summed E-state index contributed by atoms with van der Waals surface area (Å²) in [4.78, 5) is 0. The van der Waals surface area contributed by atoms with Gasteiger partial charge in [0.25, 0.3) is 0 Å². The van der Waals surface area contributed by atoms with Crippen LogP contribution in [0.3, 0.4) is 0 Å². The number of rotatable bonds is 7. The lowest BCUT2D eigenvalue weighted by atomic mass is 10.0. The van der Waals surface area contributed by atoms with Crippen molar-refractivity contribution < 1.29 is 4.21 Å². The lowest BCUT2D eigenvalue weighted by Gasteiger charge is -2.24. The van der Waals surface area contributed by atoms with Crippen molar-refractivity contribution in [3.63, 3.8) is 0 Å². The van der Waals surface area contributed by atoms with Crippen molar-refractivity contribution in [1.82, 2.24) is 5.32 Å². The molecule has 0 amide bonds. The van der Waals surface area contributed by atoms with Gasteiger partial charge in [-0.3, -0.25) is 4.21 Å². The summed E-state index contributed by atoms with van der Waals surface area (Å²) in [6, 6.07) is 8.93. The summed E-state index contributed by atoms with van der Waals surface area (Å²) in [7, 11) is -0.841. The van der Waals surface area contributed by atoms with Gasteiger partial charge in [0.1, 0.15) is 0 Å². The minimum absolute atomic E-state index is 0.157. The van der Waals surface area contributed by atoms with Crippen LogP contribution in [0.2, 0.25) is 0 Å². The van der Waals surface area contributed by atoms with Crippen molar-refractivity contribution in [1.29, 1.82) is 0 Å². The number of aryl methyl sites for hydroxylation is 1. The predicted octanol–water partition coefficient (Wildman–Crippen LogP) is 3.84. The topological polar surface area (TPSA) is 29.1 Å².